The number of hydrogen-bond donors (Lipinski definition) is 0. The summed E-state index contributed by atoms with van der Waals surface area (Å²) in [6.07, 6.45) is -3.44. The maximum Gasteiger partial charge on any atom is 0.416 e. The summed E-state index contributed by atoms with van der Waals surface area (Å²) in [6, 6.07) is 5.36. The predicted octanol–water partition coefficient (Wildman–Crippen LogP) is 4.41. The number of benzene rings is 1. The molecule has 1 rings (SSSR count). The summed E-state index contributed by atoms with van der Waals surface area (Å²) < 4.78 is 42.6. The molecule has 0 saturated heterocycles. The van der Waals surface area contributed by atoms with Gasteiger partial charge in [0.15, 0.2) is 0 Å². The Morgan fingerprint density at radius 3 is 1.89 bits per heavy atom. The van der Waals surface area contributed by atoms with Gasteiger partial charge in [0.1, 0.15) is 0 Å². The van der Waals surface area contributed by atoms with Crippen LogP contribution in [0.3, 0.4) is 0 Å². The highest BCUT2D eigenvalue weighted by Gasteiger charge is 2.31. The Balaban J connectivity index is 2.90. The van der Waals surface area contributed by atoms with Crippen molar-refractivity contribution in [2.24, 2.45) is 0 Å². The number of alkyl halides is 3. The van der Waals surface area contributed by atoms with Crippen molar-refractivity contribution in [3.8, 4) is 0 Å². The topological polar surface area (TPSA) is 9.23 Å². The second kappa shape index (κ2) is 5.31. The van der Waals surface area contributed by atoms with Gasteiger partial charge in [-0.1, -0.05) is 26.0 Å². The van der Waals surface area contributed by atoms with Crippen LogP contribution in [0.15, 0.2) is 24.3 Å². The third kappa shape index (κ3) is 3.73. The average Bonchev–Trinajstić information content (AvgIpc) is 2.27. The summed E-state index contributed by atoms with van der Waals surface area (Å²) in [5.41, 5.74) is 0.0702. The molecule has 0 aliphatic heterocycles. The summed E-state index contributed by atoms with van der Waals surface area (Å²) in [7, 11) is 1.63. The van der Waals surface area contributed by atoms with Crippen molar-refractivity contribution in [1.29, 1.82) is 0 Å². The van der Waals surface area contributed by atoms with Crippen LogP contribution in [0.1, 0.15) is 38.3 Å². The van der Waals surface area contributed by atoms with Crippen LogP contribution in [0.25, 0.3) is 0 Å². The minimum Gasteiger partial charge on any atom is -0.382 e. The fourth-order valence-electron chi connectivity index (χ4n) is 2.03. The number of hydrogen-bond acceptors (Lipinski definition) is 1. The molecule has 1 aromatic carbocycles. The molecule has 1 atom stereocenters. The highest BCUT2D eigenvalue weighted by molar-refractivity contribution is 5.29. The fourth-order valence-corrected chi connectivity index (χ4v) is 2.03. The molecule has 1 aromatic rings. The molecule has 0 unspecified atom stereocenters. The van der Waals surface area contributed by atoms with Crippen molar-refractivity contribution in [1.82, 2.24) is 0 Å². The van der Waals surface area contributed by atoms with Gasteiger partial charge in [0.05, 0.1) is 11.7 Å². The summed E-state index contributed by atoms with van der Waals surface area (Å²) >= 11 is 0. The maximum atomic E-state index is 12.5. The van der Waals surface area contributed by atoms with E-state index in [0.29, 0.717) is 0 Å². The number of methoxy groups -OCH3 is 1. The van der Waals surface area contributed by atoms with Gasteiger partial charge in [-0.25, -0.2) is 0 Å². The van der Waals surface area contributed by atoms with E-state index in [9.17, 15) is 13.2 Å². The summed E-state index contributed by atoms with van der Waals surface area (Å²) in [5.74, 6) is 0. The highest BCUT2D eigenvalue weighted by atomic mass is 19.4. The first kappa shape index (κ1) is 15.0. The molecule has 1 nitrogen and oxygen atoms in total. The van der Waals surface area contributed by atoms with E-state index in [2.05, 4.69) is 0 Å². The third-order valence-electron chi connectivity index (χ3n) is 3.19. The van der Waals surface area contributed by atoms with Crippen LogP contribution >= 0.6 is 0 Å². The van der Waals surface area contributed by atoms with E-state index in [1.165, 1.54) is 0 Å². The number of halogens is 3. The van der Waals surface area contributed by atoms with Crippen LogP contribution in [0.2, 0.25) is 0 Å². The van der Waals surface area contributed by atoms with Crippen molar-refractivity contribution < 1.29 is 17.9 Å². The van der Waals surface area contributed by atoms with Gasteiger partial charge in [-0.3, -0.25) is 0 Å². The molecular formula is C14H19F3O. The third-order valence-corrected chi connectivity index (χ3v) is 3.19. The van der Waals surface area contributed by atoms with Crippen LogP contribution in [0.5, 0.6) is 0 Å². The van der Waals surface area contributed by atoms with Crippen LogP contribution in [0, 0.1) is 0 Å². The minimum absolute atomic E-state index is 0.0716. The summed E-state index contributed by atoms with van der Waals surface area (Å²) in [5, 5.41) is 0. The molecule has 0 amide bonds. The zero-order valence-electron chi connectivity index (χ0n) is 11.1. The van der Waals surface area contributed by atoms with E-state index in [0.717, 1.165) is 24.1 Å². The van der Waals surface area contributed by atoms with Gasteiger partial charge >= 0.3 is 6.18 Å². The maximum absolute atomic E-state index is 12.5. The van der Waals surface area contributed by atoms with E-state index < -0.39 is 11.7 Å². The SMILES string of the molecule is CO[C@H](C)CC(C)(C)c1ccc(C(F)(F)F)cc1. The van der Waals surface area contributed by atoms with Crippen LogP contribution in [0.4, 0.5) is 13.2 Å². The van der Waals surface area contributed by atoms with E-state index in [1.54, 1.807) is 19.2 Å². The zero-order valence-corrected chi connectivity index (χ0v) is 11.1. The van der Waals surface area contributed by atoms with Crippen LogP contribution in [-0.2, 0) is 16.3 Å². The summed E-state index contributed by atoms with van der Waals surface area (Å²) in [4.78, 5) is 0. The lowest BCUT2D eigenvalue weighted by Gasteiger charge is -2.28. The quantitative estimate of drug-likeness (QED) is 0.779. The normalized spacial score (nSPS) is 14.6. The molecule has 0 heterocycles. The van der Waals surface area contributed by atoms with Crippen molar-refractivity contribution in [3.05, 3.63) is 35.4 Å². The Kier molecular flexibility index (Phi) is 4.43. The van der Waals surface area contributed by atoms with E-state index in [4.69, 9.17) is 4.74 Å². The van der Waals surface area contributed by atoms with Gasteiger partial charge in [0.25, 0.3) is 0 Å². The Morgan fingerprint density at radius 1 is 1.06 bits per heavy atom. The predicted molar refractivity (Wildman–Crippen MR) is 65.6 cm³/mol. The molecule has 102 valence electrons. The molecule has 0 aliphatic carbocycles. The fraction of sp³-hybridized carbons (Fsp3) is 0.571. The lowest BCUT2D eigenvalue weighted by Crippen LogP contribution is -2.24. The highest BCUT2D eigenvalue weighted by Crippen LogP contribution is 2.33. The van der Waals surface area contributed by atoms with Gasteiger partial charge in [-0.15, -0.1) is 0 Å². The Hall–Kier alpha value is -1.03. The molecule has 0 aliphatic rings. The molecule has 0 aromatic heterocycles. The van der Waals surface area contributed by atoms with Gasteiger partial charge in [-0.05, 0) is 36.5 Å². The van der Waals surface area contributed by atoms with E-state index in [-0.39, 0.29) is 11.5 Å². The molecule has 0 saturated carbocycles. The second-order valence-corrected chi connectivity index (χ2v) is 5.21. The van der Waals surface area contributed by atoms with E-state index in [1.807, 2.05) is 20.8 Å². The van der Waals surface area contributed by atoms with Crippen molar-refractivity contribution in [2.45, 2.75) is 44.9 Å². The lowest BCUT2D eigenvalue weighted by atomic mass is 9.79. The summed E-state index contributed by atoms with van der Waals surface area (Å²) in [6.45, 7) is 5.96. The van der Waals surface area contributed by atoms with Gasteiger partial charge in [0, 0.05) is 7.11 Å². The van der Waals surface area contributed by atoms with Crippen molar-refractivity contribution in [3.63, 3.8) is 0 Å². The average molecular weight is 260 g/mol. The first-order valence-electron chi connectivity index (χ1n) is 5.87. The standard InChI is InChI=1S/C14H19F3O/c1-10(18-4)9-13(2,3)11-5-7-12(8-6-11)14(15,16)17/h5-8,10H,9H2,1-4H3/t10-/m1/s1. The van der Waals surface area contributed by atoms with Gasteiger partial charge < -0.3 is 4.74 Å². The van der Waals surface area contributed by atoms with Gasteiger partial charge in [-0.2, -0.15) is 13.2 Å². The molecule has 18 heavy (non-hydrogen) atoms. The molecular weight excluding hydrogens is 241 g/mol. The van der Waals surface area contributed by atoms with Gasteiger partial charge in [0.2, 0.25) is 0 Å². The molecule has 0 bridgehead atoms. The Bertz CT molecular complexity index is 379. The van der Waals surface area contributed by atoms with Crippen molar-refractivity contribution >= 4 is 0 Å². The zero-order chi connectivity index (χ0) is 14.0. The molecule has 0 N–H and O–H groups in total. The monoisotopic (exact) mass is 260 g/mol. The largest absolute Gasteiger partial charge is 0.416 e. The number of rotatable bonds is 4. The first-order chi connectivity index (χ1) is 8.16. The molecule has 4 heteroatoms. The lowest BCUT2D eigenvalue weighted by molar-refractivity contribution is -0.137. The molecule has 0 radical (unpaired) electrons. The Labute approximate surface area is 106 Å². The van der Waals surface area contributed by atoms with Crippen molar-refractivity contribution in [2.75, 3.05) is 7.11 Å². The van der Waals surface area contributed by atoms with Crippen LogP contribution in [-0.4, -0.2) is 13.2 Å². The molecule has 0 fully saturated rings. The van der Waals surface area contributed by atoms with E-state index >= 15 is 0 Å². The Morgan fingerprint density at radius 2 is 1.50 bits per heavy atom. The molecule has 0 spiro atoms. The smallest absolute Gasteiger partial charge is 0.382 e. The minimum atomic E-state index is -4.28. The first-order valence-corrected chi connectivity index (χ1v) is 5.87. The second-order valence-electron chi connectivity index (χ2n) is 5.21. The van der Waals surface area contributed by atoms with Crippen LogP contribution < -0.4 is 0 Å². The number of ether oxygens (including phenoxy) is 1.